The third-order valence-corrected chi connectivity index (χ3v) is 3.80. The second-order valence-electron chi connectivity index (χ2n) is 5.35. The van der Waals surface area contributed by atoms with Crippen LogP contribution in [0.25, 0.3) is 11.4 Å². The van der Waals surface area contributed by atoms with Crippen LogP contribution in [-0.4, -0.2) is 38.4 Å². The standard InChI is InChI=1S/C15H15ClF3N7O/c1-7(20)12(16)13(21-2)14(27)24-11-6-22-8(5-23-11)9-4-10(15(17,18)19)25-26(9)3/h4-6H,20H2,1-3H3,(H,23,24,27)/b12-7+,21-13?. The molecule has 3 N–H and O–H groups in total. The molecule has 0 spiro atoms. The van der Waals surface area contributed by atoms with Crippen LogP contribution in [0.2, 0.25) is 0 Å². The summed E-state index contributed by atoms with van der Waals surface area (Å²) < 4.78 is 39.3. The largest absolute Gasteiger partial charge is 0.435 e. The Morgan fingerprint density at radius 2 is 2.00 bits per heavy atom. The van der Waals surface area contributed by atoms with E-state index in [1.807, 2.05) is 0 Å². The molecule has 0 aliphatic carbocycles. The fourth-order valence-electron chi connectivity index (χ4n) is 2.03. The number of allylic oxidation sites excluding steroid dienone is 1. The minimum Gasteiger partial charge on any atom is -0.401 e. The maximum atomic E-state index is 12.7. The molecule has 12 heteroatoms. The van der Waals surface area contributed by atoms with E-state index in [9.17, 15) is 18.0 Å². The SMILES string of the molecule is CN=C(C(=O)Nc1cnc(-c2cc(C(F)(F)F)nn2C)cn1)/C(Cl)=C(/C)N. The van der Waals surface area contributed by atoms with E-state index in [4.69, 9.17) is 17.3 Å². The zero-order chi connectivity index (χ0) is 20.4. The van der Waals surface area contributed by atoms with Crippen molar-refractivity contribution in [3.63, 3.8) is 0 Å². The minimum absolute atomic E-state index is 0.00542. The molecule has 2 aromatic heterocycles. The lowest BCUT2D eigenvalue weighted by molar-refractivity contribution is -0.141. The number of hydrogen-bond acceptors (Lipinski definition) is 6. The van der Waals surface area contributed by atoms with Crippen molar-refractivity contribution in [2.24, 2.45) is 17.8 Å². The first-order valence-electron chi connectivity index (χ1n) is 7.38. The Kier molecular flexibility index (Phi) is 5.84. The quantitative estimate of drug-likeness (QED) is 0.764. The molecule has 0 aliphatic rings. The number of nitrogens with zero attached hydrogens (tertiary/aromatic N) is 5. The lowest BCUT2D eigenvalue weighted by Gasteiger charge is -2.08. The van der Waals surface area contributed by atoms with Gasteiger partial charge in [-0.1, -0.05) is 11.6 Å². The zero-order valence-electron chi connectivity index (χ0n) is 14.5. The summed E-state index contributed by atoms with van der Waals surface area (Å²) in [4.78, 5) is 23.9. The van der Waals surface area contributed by atoms with E-state index < -0.39 is 17.8 Å². The van der Waals surface area contributed by atoms with Crippen LogP contribution in [0.5, 0.6) is 0 Å². The van der Waals surface area contributed by atoms with Gasteiger partial charge in [0.05, 0.1) is 23.1 Å². The highest BCUT2D eigenvalue weighted by atomic mass is 35.5. The molecule has 8 nitrogen and oxygen atoms in total. The average Bonchev–Trinajstić information content (AvgIpc) is 2.98. The summed E-state index contributed by atoms with van der Waals surface area (Å²) in [6.07, 6.45) is -2.17. The molecule has 0 aliphatic heterocycles. The number of alkyl halides is 3. The van der Waals surface area contributed by atoms with Gasteiger partial charge in [-0.3, -0.25) is 14.5 Å². The number of anilines is 1. The van der Waals surface area contributed by atoms with Gasteiger partial charge in [-0.2, -0.15) is 18.3 Å². The summed E-state index contributed by atoms with van der Waals surface area (Å²) in [5.74, 6) is -0.600. The molecule has 0 unspecified atom stereocenters. The Balaban J connectivity index is 2.22. The van der Waals surface area contributed by atoms with Gasteiger partial charge in [0.1, 0.15) is 11.4 Å². The van der Waals surface area contributed by atoms with Crippen molar-refractivity contribution < 1.29 is 18.0 Å². The Morgan fingerprint density at radius 1 is 1.33 bits per heavy atom. The Bertz CT molecular complexity index is 912. The fourth-order valence-corrected chi connectivity index (χ4v) is 2.20. The molecule has 2 heterocycles. The van der Waals surface area contributed by atoms with Crippen molar-refractivity contribution in [1.29, 1.82) is 0 Å². The first-order chi connectivity index (χ1) is 12.5. The van der Waals surface area contributed by atoms with Crippen LogP contribution in [0.4, 0.5) is 19.0 Å². The van der Waals surface area contributed by atoms with Crippen LogP contribution >= 0.6 is 11.6 Å². The molecular weight excluding hydrogens is 387 g/mol. The zero-order valence-corrected chi connectivity index (χ0v) is 15.2. The van der Waals surface area contributed by atoms with Gasteiger partial charge >= 0.3 is 6.18 Å². The molecule has 0 saturated heterocycles. The van der Waals surface area contributed by atoms with Gasteiger partial charge < -0.3 is 11.1 Å². The van der Waals surface area contributed by atoms with Gasteiger partial charge in [0.25, 0.3) is 5.91 Å². The van der Waals surface area contributed by atoms with Crippen LogP contribution in [0.15, 0.2) is 34.2 Å². The topological polar surface area (TPSA) is 111 Å². The minimum atomic E-state index is -4.57. The van der Waals surface area contributed by atoms with Gasteiger partial charge in [-0.15, -0.1) is 0 Å². The third-order valence-electron chi connectivity index (χ3n) is 3.32. The van der Waals surface area contributed by atoms with Crippen molar-refractivity contribution in [3.05, 3.63) is 34.9 Å². The second kappa shape index (κ2) is 7.74. The molecule has 2 rings (SSSR count). The van der Waals surface area contributed by atoms with E-state index in [1.165, 1.54) is 33.4 Å². The highest BCUT2D eigenvalue weighted by Crippen LogP contribution is 2.30. The number of hydrogen-bond donors (Lipinski definition) is 2. The van der Waals surface area contributed by atoms with Crippen LogP contribution < -0.4 is 11.1 Å². The number of nitrogens with two attached hydrogens (primary N) is 1. The number of halogens is 4. The van der Waals surface area contributed by atoms with Crippen LogP contribution in [0.1, 0.15) is 12.6 Å². The first kappa shape index (κ1) is 20.4. The fraction of sp³-hybridized carbons (Fsp3) is 0.267. The summed E-state index contributed by atoms with van der Waals surface area (Å²) in [5, 5.41) is 5.83. The number of carbonyl (C=O) groups is 1. The normalized spacial score (nSPS) is 13.4. The number of nitrogens with one attached hydrogen (secondary N) is 1. The number of rotatable bonds is 4. The van der Waals surface area contributed by atoms with Crippen molar-refractivity contribution >= 4 is 29.0 Å². The lowest BCUT2D eigenvalue weighted by atomic mass is 10.2. The molecule has 0 saturated carbocycles. The first-order valence-corrected chi connectivity index (χ1v) is 7.76. The molecule has 0 radical (unpaired) electrons. The Morgan fingerprint density at radius 3 is 2.44 bits per heavy atom. The number of carbonyl (C=O) groups excluding carboxylic acids is 1. The van der Waals surface area contributed by atoms with Crippen molar-refractivity contribution in [3.8, 4) is 11.4 Å². The molecular formula is C15H15ClF3N7O. The molecule has 0 bridgehead atoms. The molecule has 0 atom stereocenters. The summed E-state index contributed by atoms with van der Waals surface area (Å²) in [6, 6.07) is 0.860. The summed E-state index contributed by atoms with van der Waals surface area (Å²) >= 11 is 5.93. The summed E-state index contributed by atoms with van der Waals surface area (Å²) in [5.41, 5.74) is 4.90. The number of aromatic nitrogens is 4. The van der Waals surface area contributed by atoms with Gasteiger partial charge in [0, 0.05) is 19.8 Å². The molecule has 0 fully saturated rings. The van der Waals surface area contributed by atoms with E-state index in [-0.39, 0.29) is 33.6 Å². The van der Waals surface area contributed by atoms with Crippen LogP contribution in [-0.2, 0) is 18.0 Å². The lowest BCUT2D eigenvalue weighted by Crippen LogP contribution is -2.25. The maximum Gasteiger partial charge on any atom is 0.435 e. The molecule has 27 heavy (non-hydrogen) atoms. The van der Waals surface area contributed by atoms with E-state index in [0.29, 0.717) is 0 Å². The monoisotopic (exact) mass is 401 g/mol. The highest BCUT2D eigenvalue weighted by Gasteiger charge is 2.34. The summed E-state index contributed by atoms with van der Waals surface area (Å²) in [6.45, 7) is 1.51. The van der Waals surface area contributed by atoms with Crippen LogP contribution in [0, 0.1) is 0 Å². The molecule has 2 aromatic rings. The second-order valence-corrected chi connectivity index (χ2v) is 5.72. The Hall–Kier alpha value is -2.95. The number of amides is 1. The van der Waals surface area contributed by atoms with Gasteiger partial charge in [-0.05, 0) is 13.0 Å². The molecule has 1 amide bonds. The number of aliphatic imine (C=N–C) groups is 1. The third kappa shape index (κ3) is 4.61. The van der Waals surface area contributed by atoms with Gasteiger partial charge in [-0.25, -0.2) is 9.97 Å². The van der Waals surface area contributed by atoms with E-state index >= 15 is 0 Å². The van der Waals surface area contributed by atoms with E-state index in [2.05, 4.69) is 25.4 Å². The predicted molar refractivity (Wildman–Crippen MR) is 94.0 cm³/mol. The van der Waals surface area contributed by atoms with Crippen molar-refractivity contribution in [2.75, 3.05) is 12.4 Å². The summed E-state index contributed by atoms with van der Waals surface area (Å²) in [7, 11) is 2.73. The van der Waals surface area contributed by atoms with Crippen molar-refractivity contribution in [1.82, 2.24) is 19.7 Å². The molecule has 0 aromatic carbocycles. The van der Waals surface area contributed by atoms with Gasteiger partial charge in [0.2, 0.25) is 0 Å². The highest BCUT2D eigenvalue weighted by molar-refractivity contribution is 6.61. The van der Waals surface area contributed by atoms with E-state index in [1.54, 1.807) is 0 Å². The average molecular weight is 402 g/mol. The smallest absolute Gasteiger partial charge is 0.401 e. The number of aryl methyl sites for hydroxylation is 1. The van der Waals surface area contributed by atoms with Gasteiger partial charge in [0.15, 0.2) is 11.5 Å². The predicted octanol–water partition coefficient (Wildman–Crippen LogP) is 2.33. The Labute approximate surface area is 157 Å². The molecule has 144 valence electrons. The van der Waals surface area contributed by atoms with Crippen LogP contribution in [0.3, 0.4) is 0 Å². The van der Waals surface area contributed by atoms with E-state index in [0.717, 1.165) is 10.7 Å². The van der Waals surface area contributed by atoms with Crippen molar-refractivity contribution in [2.45, 2.75) is 13.1 Å². The maximum absolute atomic E-state index is 12.7.